The number of amides is 1. The number of carbonyl (C=O) groups excluding carboxylic acids is 1. The van der Waals surface area contributed by atoms with Crippen molar-refractivity contribution in [3.63, 3.8) is 0 Å². The Balaban J connectivity index is 1.65. The van der Waals surface area contributed by atoms with Crippen LogP contribution in [0.1, 0.15) is 47.8 Å². The second kappa shape index (κ2) is 10.5. The average molecular weight is 409 g/mol. The van der Waals surface area contributed by atoms with E-state index in [4.69, 9.17) is 9.15 Å². The van der Waals surface area contributed by atoms with E-state index >= 15 is 0 Å². The number of hydrogen-bond acceptors (Lipinski definition) is 6. The highest BCUT2D eigenvalue weighted by atomic mass is 16.5. The van der Waals surface area contributed by atoms with Gasteiger partial charge in [0.25, 0.3) is 5.91 Å². The largest absolute Gasteiger partial charge is 0.496 e. The Kier molecular flexibility index (Phi) is 7.57. The maximum atomic E-state index is 12.4. The molecule has 1 unspecified atom stereocenters. The van der Waals surface area contributed by atoms with Gasteiger partial charge < -0.3 is 14.5 Å². The van der Waals surface area contributed by atoms with E-state index in [0.717, 1.165) is 23.3 Å². The van der Waals surface area contributed by atoms with E-state index in [2.05, 4.69) is 40.1 Å². The molecule has 3 aromatic rings. The maximum Gasteiger partial charge on any atom is 0.273 e. The maximum absolute atomic E-state index is 12.4. The first-order valence-corrected chi connectivity index (χ1v) is 10.1. The van der Waals surface area contributed by atoms with E-state index in [1.807, 2.05) is 30.3 Å². The highest BCUT2D eigenvalue weighted by molar-refractivity contribution is 5.91. The van der Waals surface area contributed by atoms with E-state index < -0.39 is 0 Å². The summed E-state index contributed by atoms with van der Waals surface area (Å²) in [5.74, 6) is 1.11. The minimum absolute atomic E-state index is 0.262. The second-order valence-corrected chi connectivity index (χ2v) is 7.14. The number of carbonyl (C=O) groups is 1. The molecule has 0 bridgehead atoms. The highest BCUT2D eigenvalue weighted by Crippen LogP contribution is 2.22. The predicted octanol–water partition coefficient (Wildman–Crippen LogP) is 3.81. The second-order valence-electron chi connectivity index (χ2n) is 7.14. The van der Waals surface area contributed by atoms with Crippen LogP contribution in [0.3, 0.4) is 0 Å². The number of nitrogens with zero attached hydrogens (tertiary/aromatic N) is 3. The summed E-state index contributed by atoms with van der Waals surface area (Å²) in [5.41, 5.74) is 2.35. The van der Waals surface area contributed by atoms with Crippen molar-refractivity contribution in [2.24, 2.45) is 0 Å². The van der Waals surface area contributed by atoms with Crippen molar-refractivity contribution < 1.29 is 13.9 Å². The van der Waals surface area contributed by atoms with Crippen molar-refractivity contribution in [2.45, 2.75) is 45.9 Å². The van der Waals surface area contributed by atoms with Crippen LogP contribution < -0.4 is 10.1 Å². The van der Waals surface area contributed by atoms with Crippen molar-refractivity contribution in [2.75, 3.05) is 7.11 Å². The summed E-state index contributed by atoms with van der Waals surface area (Å²) in [6.45, 7) is 5.93. The van der Waals surface area contributed by atoms with Gasteiger partial charge in [0.1, 0.15) is 12.0 Å². The van der Waals surface area contributed by atoms with Gasteiger partial charge in [0, 0.05) is 37.1 Å². The molecule has 1 aromatic carbocycles. The van der Waals surface area contributed by atoms with Gasteiger partial charge in [-0.25, -0.2) is 4.98 Å². The first-order valence-electron chi connectivity index (χ1n) is 10.1. The summed E-state index contributed by atoms with van der Waals surface area (Å²) in [5, 5.41) is 2.85. The Morgan fingerprint density at radius 2 is 1.97 bits per heavy atom. The average Bonchev–Trinajstić information content (AvgIpc) is 3.26. The molecule has 158 valence electrons. The summed E-state index contributed by atoms with van der Waals surface area (Å²) >= 11 is 0. The fourth-order valence-electron chi connectivity index (χ4n) is 3.11. The number of ether oxygens (including phenoxy) is 1. The first-order chi connectivity index (χ1) is 14.6. The minimum Gasteiger partial charge on any atom is -0.496 e. The SMILES string of the molecule is CCC(C)N(Cc1nc(C(=O)NCc2ccncc2)co1)Cc1ccccc1OC. The molecular weight excluding hydrogens is 380 g/mol. The van der Waals surface area contributed by atoms with Crippen molar-refractivity contribution in [1.29, 1.82) is 0 Å². The normalized spacial score (nSPS) is 12.0. The summed E-state index contributed by atoms with van der Waals surface area (Å²) < 4.78 is 11.1. The third-order valence-electron chi connectivity index (χ3n) is 5.11. The molecular formula is C23H28N4O3. The van der Waals surface area contributed by atoms with Crippen LogP contribution in [0.25, 0.3) is 0 Å². The summed E-state index contributed by atoms with van der Waals surface area (Å²) in [7, 11) is 1.68. The molecule has 7 heteroatoms. The molecule has 0 saturated heterocycles. The Labute approximate surface area is 177 Å². The van der Waals surface area contributed by atoms with Crippen LogP contribution in [0.2, 0.25) is 0 Å². The zero-order chi connectivity index (χ0) is 21.3. The molecule has 1 N–H and O–H groups in total. The van der Waals surface area contributed by atoms with Crippen molar-refractivity contribution >= 4 is 5.91 Å². The predicted molar refractivity (Wildman–Crippen MR) is 114 cm³/mol. The Hall–Kier alpha value is -3.19. The molecule has 2 aromatic heterocycles. The molecule has 0 aliphatic carbocycles. The smallest absolute Gasteiger partial charge is 0.273 e. The lowest BCUT2D eigenvalue weighted by Gasteiger charge is -2.27. The van der Waals surface area contributed by atoms with E-state index in [1.165, 1.54) is 6.26 Å². The fraction of sp³-hybridized carbons (Fsp3) is 0.348. The van der Waals surface area contributed by atoms with Gasteiger partial charge in [-0.15, -0.1) is 0 Å². The lowest BCUT2D eigenvalue weighted by Crippen LogP contribution is -2.32. The number of pyridine rings is 1. The van der Waals surface area contributed by atoms with Crippen LogP contribution in [0.15, 0.2) is 59.5 Å². The van der Waals surface area contributed by atoms with Crippen LogP contribution >= 0.6 is 0 Å². The highest BCUT2D eigenvalue weighted by Gasteiger charge is 2.19. The van der Waals surface area contributed by atoms with Crippen LogP contribution in [-0.2, 0) is 19.6 Å². The standard InChI is InChI=1S/C23H28N4O3/c1-4-17(2)27(14-19-7-5-6-8-21(19)29-3)15-22-26-20(16-30-22)23(28)25-13-18-9-11-24-12-10-18/h5-12,16-17H,4,13-15H2,1-3H3,(H,25,28). The number of rotatable bonds is 10. The number of benzene rings is 1. The number of hydrogen-bond donors (Lipinski definition) is 1. The van der Waals surface area contributed by atoms with E-state index in [0.29, 0.717) is 31.6 Å². The molecule has 2 heterocycles. The minimum atomic E-state index is -0.262. The third-order valence-corrected chi connectivity index (χ3v) is 5.11. The zero-order valence-corrected chi connectivity index (χ0v) is 17.7. The quantitative estimate of drug-likeness (QED) is 0.549. The van der Waals surface area contributed by atoms with Crippen molar-refractivity contribution in [3.8, 4) is 5.75 Å². The monoisotopic (exact) mass is 408 g/mol. The summed E-state index contributed by atoms with van der Waals surface area (Å²) in [4.78, 5) is 23.0. The molecule has 1 amide bonds. The molecule has 0 fully saturated rings. The molecule has 0 aliphatic rings. The Morgan fingerprint density at radius 1 is 1.20 bits per heavy atom. The molecule has 0 saturated carbocycles. The fourth-order valence-corrected chi connectivity index (χ4v) is 3.11. The number of para-hydroxylation sites is 1. The van der Waals surface area contributed by atoms with Gasteiger partial charge in [0.2, 0.25) is 5.89 Å². The molecule has 0 aliphatic heterocycles. The summed E-state index contributed by atoms with van der Waals surface area (Å²) in [6, 6.07) is 12.0. The van der Waals surface area contributed by atoms with E-state index in [-0.39, 0.29) is 11.6 Å². The molecule has 30 heavy (non-hydrogen) atoms. The van der Waals surface area contributed by atoms with Gasteiger partial charge in [0.15, 0.2) is 5.69 Å². The van der Waals surface area contributed by atoms with Crippen LogP contribution in [-0.4, -0.2) is 33.9 Å². The van der Waals surface area contributed by atoms with Crippen LogP contribution in [0, 0.1) is 0 Å². The Bertz CT molecular complexity index is 942. The molecule has 3 rings (SSSR count). The van der Waals surface area contributed by atoms with Gasteiger partial charge in [-0.3, -0.25) is 14.7 Å². The van der Waals surface area contributed by atoms with Gasteiger partial charge in [-0.05, 0) is 37.1 Å². The topological polar surface area (TPSA) is 80.5 Å². The van der Waals surface area contributed by atoms with Crippen molar-refractivity contribution in [3.05, 3.63) is 77.8 Å². The third kappa shape index (κ3) is 5.67. The van der Waals surface area contributed by atoms with Gasteiger partial charge in [-0.1, -0.05) is 25.1 Å². The summed E-state index contributed by atoms with van der Waals surface area (Å²) in [6.07, 6.45) is 5.78. The lowest BCUT2D eigenvalue weighted by atomic mass is 10.1. The number of nitrogens with one attached hydrogen (secondary N) is 1. The van der Waals surface area contributed by atoms with Crippen LogP contribution in [0.4, 0.5) is 0 Å². The molecule has 1 atom stereocenters. The first kappa shape index (κ1) is 21.5. The Morgan fingerprint density at radius 3 is 2.70 bits per heavy atom. The van der Waals surface area contributed by atoms with E-state index in [9.17, 15) is 4.79 Å². The van der Waals surface area contributed by atoms with Crippen LogP contribution in [0.5, 0.6) is 5.75 Å². The van der Waals surface area contributed by atoms with Gasteiger partial charge in [-0.2, -0.15) is 0 Å². The number of oxazole rings is 1. The molecule has 0 radical (unpaired) electrons. The zero-order valence-electron chi connectivity index (χ0n) is 17.7. The lowest BCUT2D eigenvalue weighted by molar-refractivity contribution is 0.0945. The number of aromatic nitrogens is 2. The molecule has 7 nitrogen and oxygen atoms in total. The van der Waals surface area contributed by atoms with Gasteiger partial charge in [0.05, 0.1) is 13.7 Å². The van der Waals surface area contributed by atoms with E-state index in [1.54, 1.807) is 19.5 Å². The molecule has 0 spiro atoms. The van der Waals surface area contributed by atoms with Crippen molar-refractivity contribution in [1.82, 2.24) is 20.2 Å². The number of methoxy groups -OCH3 is 1. The van der Waals surface area contributed by atoms with Gasteiger partial charge >= 0.3 is 0 Å².